The smallest absolute Gasteiger partial charge is 0.326 e. The summed E-state index contributed by atoms with van der Waals surface area (Å²) in [5.74, 6) is -0.816. The molecule has 1 saturated heterocycles. The molecular weight excluding hydrogens is 647 g/mol. The van der Waals surface area contributed by atoms with Crippen molar-refractivity contribution < 1.29 is 42.1 Å². The normalized spacial score (nSPS) is 15.6. The molecule has 0 aliphatic carbocycles. The highest BCUT2D eigenvalue weighted by atomic mass is 35.5. The lowest BCUT2D eigenvalue weighted by Gasteiger charge is -2.38. The van der Waals surface area contributed by atoms with Gasteiger partial charge in [-0.15, -0.1) is 0 Å². The van der Waals surface area contributed by atoms with Gasteiger partial charge in [-0.2, -0.15) is 4.31 Å². The number of carboxylic acids is 1. The minimum atomic E-state index is -4.09. The third-order valence-corrected chi connectivity index (χ3v) is 9.60. The molecule has 1 aliphatic heterocycles. The SMILES string of the molecule is COCCOCc1cc(OC)c(-c2ccc(C[C@H](NC(=O)[C@@H]3CCN3S(=O)(=O)c3cc(Cl)cc(Cl)c3)C(=O)O)cc2)c(OC)c1. The van der Waals surface area contributed by atoms with E-state index in [0.717, 1.165) is 15.4 Å². The van der Waals surface area contributed by atoms with Crippen LogP contribution in [0.4, 0.5) is 0 Å². The highest BCUT2D eigenvalue weighted by Gasteiger charge is 2.43. The Morgan fingerprint density at radius 2 is 1.58 bits per heavy atom. The van der Waals surface area contributed by atoms with Gasteiger partial charge in [0.1, 0.15) is 23.6 Å². The molecule has 11 nitrogen and oxygen atoms in total. The number of nitrogens with one attached hydrogen (secondary N) is 1. The Kier molecular flexibility index (Phi) is 11.7. The van der Waals surface area contributed by atoms with Crippen LogP contribution in [-0.4, -0.2) is 82.9 Å². The van der Waals surface area contributed by atoms with Crippen molar-refractivity contribution in [2.24, 2.45) is 0 Å². The molecule has 3 aromatic rings. The monoisotopic (exact) mass is 680 g/mol. The molecule has 2 N–H and O–H groups in total. The summed E-state index contributed by atoms with van der Waals surface area (Å²) in [5, 5.41) is 12.7. The minimum absolute atomic E-state index is 0.0310. The second-order valence-electron chi connectivity index (χ2n) is 10.2. The van der Waals surface area contributed by atoms with E-state index in [-0.39, 0.29) is 34.3 Å². The summed E-state index contributed by atoms with van der Waals surface area (Å²) < 4.78 is 49.3. The van der Waals surface area contributed by atoms with E-state index in [1.54, 1.807) is 33.5 Å². The van der Waals surface area contributed by atoms with Crippen molar-refractivity contribution in [3.63, 3.8) is 0 Å². The van der Waals surface area contributed by atoms with Crippen LogP contribution in [0.25, 0.3) is 11.1 Å². The van der Waals surface area contributed by atoms with E-state index in [9.17, 15) is 23.1 Å². The number of amides is 1. The van der Waals surface area contributed by atoms with E-state index in [4.69, 9.17) is 42.1 Å². The van der Waals surface area contributed by atoms with Gasteiger partial charge in [0.15, 0.2) is 0 Å². The number of carbonyl (C=O) groups is 2. The lowest BCUT2D eigenvalue weighted by molar-refractivity contribution is -0.143. The molecule has 3 aromatic carbocycles. The van der Waals surface area contributed by atoms with Crippen LogP contribution >= 0.6 is 23.2 Å². The number of nitrogens with zero attached hydrogens (tertiary/aromatic N) is 1. The predicted octanol–water partition coefficient (Wildman–Crippen LogP) is 4.42. The van der Waals surface area contributed by atoms with Crippen molar-refractivity contribution in [3.05, 3.63) is 75.8 Å². The van der Waals surface area contributed by atoms with Crippen molar-refractivity contribution in [2.75, 3.05) is 41.1 Å². The molecule has 0 spiro atoms. The standard InChI is InChI=1S/C31H34Cl2N2O9S/c1-41-10-11-44-18-20-13-27(42-2)29(28(14-20)43-3)21-6-4-19(5-7-21)12-25(31(37)38)34-30(36)26-8-9-35(26)45(39,40)24-16-22(32)15-23(33)17-24/h4-7,13-17,25-26H,8-12,18H2,1-3H3,(H,34,36)(H,37,38)/t25-,26-/m0/s1. The highest BCUT2D eigenvalue weighted by Crippen LogP contribution is 2.40. The zero-order valence-electron chi connectivity index (χ0n) is 24.9. The summed E-state index contributed by atoms with van der Waals surface area (Å²) in [6, 6.07) is 12.4. The second-order valence-corrected chi connectivity index (χ2v) is 13.0. The number of hydrogen-bond acceptors (Lipinski definition) is 8. The maximum Gasteiger partial charge on any atom is 0.326 e. The lowest BCUT2D eigenvalue weighted by Crippen LogP contribution is -2.60. The van der Waals surface area contributed by atoms with Gasteiger partial charge in [0.25, 0.3) is 0 Å². The van der Waals surface area contributed by atoms with Gasteiger partial charge in [0, 0.05) is 30.1 Å². The van der Waals surface area contributed by atoms with Crippen LogP contribution in [-0.2, 0) is 42.1 Å². The van der Waals surface area contributed by atoms with Crippen molar-refractivity contribution in [2.45, 2.75) is 36.4 Å². The maximum absolute atomic E-state index is 13.2. The van der Waals surface area contributed by atoms with Gasteiger partial charge in [-0.3, -0.25) is 4.79 Å². The molecule has 1 fully saturated rings. The number of ether oxygens (including phenoxy) is 4. The summed E-state index contributed by atoms with van der Waals surface area (Å²) in [4.78, 5) is 25.1. The second kappa shape index (κ2) is 15.3. The quantitative estimate of drug-likeness (QED) is 0.223. The van der Waals surface area contributed by atoms with Gasteiger partial charge in [0.05, 0.1) is 44.5 Å². The minimum Gasteiger partial charge on any atom is -0.496 e. The molecule has 0 aromatic heterocycles. The lowest BCUT2D eigenvalue weighted by atomic mass is 9.97. The Hall–Kier alpha value is -3.39. The van der Waals surface area contributed by atoms with Crippen molar-refractivity contribution in [3.8, 4) is 22.6 Å². The molecule has 0 saturated carbocycles. The Bertz CT molecular complexity index is 1590. The van der Waals surface area contributed by atoms with E-state index in [1.165, 1.54) is 18.2 Å². The molecule has 0 bridgehead atoms. The number of benzene rings is 3. The fourth-order valence-corrected chi connectivity index (χ4v) is 7.26. The molecular formula is C31H34Cl2N2O9S. The molecule has 4 rings (SSSR count). The molecule has 1 aliphatic rings. The van der Waals surface area contributed by atoms with Crippen molar-refractivity contribution in [1.29, 1.82) is 0 Å². The van der Waals surface area contributed by atoms with Crippen LogP contribution in [0.3, 0.4) is 0 Å². The van der Waals surface area contributed by atoms with Gasteiger partial charge in [0.2, 0.25) is 15.9 Å². The van der Waals surface area contributed by atoms with Crippen molar-refractivity contribution in [1.82, 2.24) is 9.62 Å². The Labute approximate surface area is 272 Å². The fraction of sp³-hybridized carbons (Fsp3) is 0.355. The Morgan fingerprint density at radius 1 is 0.956 bits per heavy atom. The van der Waals surface area contributed by atoms with E-state index >= 15 is 0 Å². The first-order valence-electron chi connectivity index (χ1n) is 13.9. The van der Waals surface area contributed by atoms with Crippen LogP contribution in [0.1, 0.15) is 17.5 Å². The van der Waals surface area contributed by atoms with Gasteiger partial charge >= 0.3 is 5.97 Å². The first-order chi connectivity index (χ1) is 21.5. The van der Waals surface area contributed by atoms with E-state index in [0.29, 0.717) is 42.4 Å². The zero-order chi connectivity index (χ0) is 32.7. The third kappa shape index (κ3) is 8.26. The largest absolute Gasteiger partial charge is 0.496 e. The molecule has 0 radical (unpaired) electrons. The summed E-state index contributed by atoms with van der Waals surface area (Å²) in [5.41, 5.74) is 2.97. The van der Waals surface area contributed by atoms with E-state index < -0.39 is 34.0 Å². The van der Waals surface area contributed by atoms with Gasteiger partial charge < -0.3 is 29.4 Å². The fourth-order valence-electron chi connectivity index (χ4n) is 4.90. The van der Waals surface area contributed by atoms with Crippen LogP contribution in [0, 0.1) is 0 Å². The van der Waals surface area contributed by atoms with Gasteiger partial charge in [-0.05, 0) is 53.4 Å². The summed E-state index contributed by atoms with van der Waals surface area (Å²) >= 11 is 12.0. The van der Waals surface area contributed by atoms with Crippen molar-refractivity contribution >= 4 is 45.1 Å². The average Bonchev–Trinajstić information content (AvgIpc) is 2.97. The zero-order valence-corrected chi connectivity index (χ0v) is 27.2. The molecule has 1 amide bonds. The van der Waals surface area contributed by atoms with Crippen LogP contribution < -0.4 is 14.8 Å². The first-order valence-corrected chi connectivity index (χ1v) is 16.1. The number of sulfonamides is 1. The molecule has 45 heavy (non-hydrogen) atoms. The Balaban J connectivity index is 1.46. The number of carboxylic acid groups (broad SMARTS) is 1. The number of halogens is 2. The average molecular weight is 682 g/mol. The summed E-state index contributed by atoms with van der Waals surface area (Å²) in [7, 11) is 0.631. The number of methoxy groups -OCH3 is 3. The number of aliphatic carboxylic acids is 1. The number of hydrogen-bond donors (Lipinski definition) is 2. The molecule has 14 heteroatoms. The van der Waals surface area contributed by atoms with Gasteiger partial charge in [-0.1, -0.05) is 47.5 Å². The van der Waals surface area contributed by atoms with Crippen LogP contribution in [0.2, 0.25) is 10.0 Å². The number of rotatable bonds is 15. The molecule has 242 valence electrons. The summed E-state index contributed by atoms with van der Waals surface area (Å²) in [6.45, 7) is 1.36. The first kappa shape index (κ1) is 34.5. The topological polar surface area (TPSA) is 141 Å². The highest BCUT2D eigenvalue weighted by molar-refractivity contribution is 7.89. The van der Waals surface area contributed by atoms with E-state index in [2.05, 4.69) is 5.32 Å². The maximum atomic E-state index is 13.2. The number of carbonyl (C=O) groups excluding carboxylic acids is 1. The summed E-state index contributed by atoms with van der Waals surface area (Å²) in [6.07, 6.45) is 0.207. The molecule has 0 unspecified atom stereocenters. The predicted molar refractivity (Wildman–Crippen MR) is 169 cm³/mol. The van der Waals surface area contributed by atoms with Gasteiger partial charge in [-0.25, -0.2) is 13.2 Å². The molecule has 1 heterocycles. The van der Waals surface area contributed by atoms with Crippen LogP contribution in [0.5, 0.6) is 11.5 Å². The Morgan fingerprint density at radius 3 is 2.09 bits per heavy atom. The van der Waals surface area contributed by atoms with E-state index in [1.807, 2.05) is 24.3 Å². The van der Waals surface area contributed by atoms with Crippen LogP contribution in [0.15, 0.2) is 59.5 Å². The molecule has 2 atom stereocenters. The third-order valence-electron chi connectivity index (χ3n) is 7.28.